The molecule has 1 saturated heterocycles. The Hall–Kier alpha value is -1.04. The summed E-state index contributed by atoms with van der Waals surface area (Å²) >= 11 is 5.82. The molecule has 0 unspecified atom stereocenters. The van der Waals surface area contributed by atoms with Gasteiger partial charge < -0.3 is 15.7 Å². The Bertz CT molecular complexity index is 444. The van der Waals surface area contributed by atoms with Crippen molar-refractivity contribution in [1.82, 2.24) is 4.90 Å². The standard InChI is InChI=1S/C13H19ClFN3O/c14-10-8-13(12(16)9-11(10)15)18-3-1-2-17(4-5-18)6-7-19/h8-9,19H,1-7,16H2. The maximum atomic E-state index is 13.3. The lowest BCUT2D eigenvalue weighted by molar-refractivity contribution is 0.204. The molecule has 1 fully saturated rings. The predicted octanol–water partition coefficient (Wildman–Crippen LogP) is 1.57. The summed E-state index contributed by atoms with van der Waals surface area (Å²) in [4.78, 5) is 4.33. The highest BCUT2D eigenvalue weighted by molar-refractivity contribution is 6.31. The summed E-state index contributed by atoms with van der Waals surface area (Å²) in [5.74, 6) is -0.486. The van der Waals surface area contributed by atoms with Gasteiger partial charge in [-0.1, -0.05) is 11.6 Å². The molecule has 1 aromatic rings. The van der Waals surface area contributed by atoms with Crippen molar-refractivity contribution < 1.29 is 9.50 Å². The minimum atomic E-state index is -0.486. The smallest absolute Gasteiger partial charge is 0.143 e. The second-order valence-electron chi connectivity index (χ2n) is 4.73. The molecule has 1 aliphatic heterocycles. The van der Waals surface area contributed by atoms with Crippen LogP contribution in [0.2, 0.25) is 5.02 Å². The van der Waals surface area contributed by atoms with Gasteiger partial charge in [0.05, 0.1) is 23.0 Å². The minimum absolute atomic E-state index is 0.0978. The fourth-order valence-corrected chi connectivity index (χ4v) is 2.56. The highest BCUT2D eigenvalue weighted by Gasteiger charge is 2.17. The van der Waals surface area contributed by atoms with Crippen LogP contribution in [-0.2, 0) is 0 Å². The van der Waals surface area contributed by atoms with Crippen LogP contribution in [-0.4, -0.2) is 49.3 Å². The van der Waals surface area contributed by atoms with E-state index in [0.29, 0.717) is 12.2 Å². The number of hydrogen-bond acceptors (Lipinski definition) is 4. The van der Waals surface area contributed by atoms with E-state index in [1.165, 1.54) is 6.07 Å². The molecule has 1 aromatic carbocycles. The van der Waals surface area contributed by atoms with Crippen LogP contribution in [0, 0.1) is 5.82 Å². The summed E-state index contributed by atoms with van der Waals surface area (Å²) in [5, 5.41) is 9.07. The van der Waals surface area contributed by atoms with Crippen molar-refractivity contribution in [3.63, 3.8) is 0 Å². The van der Waals surface area contributed by atoms with Gasteiger partial charge in [-0.2, -0.15) is 0 Å². The van der Waals surface area contributed by atoms with Gasteiger partial charge in [-0.15, -0.1) is 0 Å². The molecule has 2 rings (SSSR count). The van der Waals surface area contributed by atoms with Crippen molar-refractivity contribution in [2.75, 3.05) is 50.0 Å². The lowest BCUT2D eigenvalue weighted by Gasteiger charge is -2.25. The van der Waals surface area contributed by atoms with Gasteiger partial charge >= 0.3 is 0 Å². The third kappa shape index (κ3) is 3.49. The van der Waals surface area contributed by atoms with Crippen molar-refractivity contribution in [3.05, 3.63) is 23.0 Å². The van der Waals surface area contributed by atoms with Crippen LogP contribution >= 0.6 is 11.6 Å². The molecule has 0 aliphatic carbocycles. The maximum Gasteiger partial charge on any atom is 0.143 e. The molecule has 0 radical (unpaired) electrons. The topological polar surface area (TPSA) is 52.7 Å². The van der Waals surface area contributed by atoms with E-state index in [1.54, 1.807) is 6.07 Å². The molecule has 106 valence electrons. The van der Waals surface area contributed by atoms with E-state index >= 15 is 0 Å². The average Bonchev–Trinajstić information content (AvgIpc) is 2.60. The van der Waals surface area contributed by atoms with E-state index in [2.05, 4.69) is 9.80 Å². The van der Waals surface area contributed by atoms with E-state index < -0.39 is 5.82 Å². The summed E-state index contributed by atoms with van der Waals surface area (Å²) in [5.41, 5.74) is 7.08. The fraction of sp³-hybridized carbons (Fsp3) is 0.538. The van der Waals surface area contributed by atoms with Gasteiger partial charge in [0, 0.05) is 32.2 Å². The number of halogens is 2. The first-order valence-corrected chi connectivity index (χ1v) is 6.82. The Morgan fingerprint density at radius 3 is 2.79 bits per heavy atom. The SMILES string of the molecule is Nc1cc(F)c(Cl)cc1N1CCCN(CCO)CC1. The number of rotatable bonds is 3. The van der Waals surface area contributed by atoms with Crippen LogP contribution in [0.4, 0.5) is 15.8 Å². The zero-order valence-electron chi connectivity index (χ0n) is 10.8. The third-order valence-electron chi connectivity index (χ3n) is 3.42. The number of nitrogen functional groups attached to an aromatic ring is 1. The van der Waals surface area contributed by atoms with Crippen molar-refractivity contribution in [2.45, 2.75) is 6.42 Å². The van der Waals surface area contributed by atoms with Crippen LogP contribution < -0.4 is 10.6 Å². The zero-order valence-corrected chi connectivity index (χ0v) is 11.5. The molecule has 4 nitrogen and oxygen atoms in total. The van der Waals surface area contributed by atoms with Gasteiger partial charge in [0.2, 0.25) is 0 Å². The molecule has 0 atom stereocenters. The molecule has 0 spiro atoms. The lowest BCUT2D eigenvalue weighted by Crippen LogP contribution is -2.32. The molecule has 6 heteroatoms. The number of aliphatic hydroxyl groups is 1. The third-order valence-corrected chi connectivity index (χ3v) is 3.70. The number of nitrogens with zero attached hydrogens (tertiary/aromatic N) is 2. The van der Waals surface area contributed by atoms with E-state index in [4.69, 9.17) is 22.4 Å². The second-order valence-corrected chi connectivity index (χ2v) is 5.14. The van der Waals surface area contributed by atoms with Crippen LogP contribution in [0.1, 0.15) is 6.42 Å². The molecule has 3 N–H and O–H groups in total. The zero-order chi connectivity index (χ0) is 13.8. The number of benzene rings is 1. The Morgan fingerprint density at radius 1 is 1.26 bits per heavy atom. The second kappa shape index (κ2) is 6.41. The normalized spacial score (nSPS) is 17.5. The first-order chi connectivity index (χ1) is 9.11. The van der Waals surface area contributed by atoms with E-state index in [1.807, 2.05) is 0 Å². The first-order valence-electron chi connectivity index (χ1n) is 6.44. The summed E-state index contributed by atoms with van der Waals surface area (Å²) in [6, 6.07) is 2.86. The molecule has 19 heavy (non-hydrogen) atoms. The van der Waals surface area contributed by atoms with Gasteiger partial charge in [0.25, 0.3) is 0 Å². The molecule has 0 aromatic heterocycles. The van der Waals surface area contributed by atoms with Gasteiger partial charge in [0.15, 0.2) is 0 Å². The van der Waals surface area contributed by atoms with Gasteiger partial charge in [-0.3, -0.25) is 4.90 Å². The quantitative estimate of drug-likeness (QED) is 0.829. The number of aliphatic hydroxyl groups excluding tert-OH is 1. The summed E-state index contributed by atoms with van der Waals surface area (Å²) < 4.78 is 13.3. The monoisotopic (exact) mass is 287 g/mol. The Morgan fingerprint density at radius 2 is 2.05 bits per heavy atom. The molecule has 0 bridgehead atoms. The van der Waals surface area contributed by atoms with Crippen molar-refractivity contribution in [2.24, 2.45) is 0 Å². The number of hydrogen-bond donors (Lipinski definition) is 2. The van der Waals surface area contributed by atoms with Crippen molar-refractivity contribution >= 4 is 23.0 Å². The Balaban J connectivity index is 2.12. The highest BCUT2D eigenvalue weighted by Crippen LogP contribution is 2.30. The summed E-state index contributed by atoms with van der Waals surface area (Å²) in [6.45, 7) is 4.32. The Kier molecular flexibility index (Phi) is 4.85. The predicted molar refractivity (Wildman–Crippen MR) is 76.2 cm³/mol. The molecule has 1 heterocycles. The summed E-state index contributed by atoms with van der Waals surface area (Å²) in [6.07, 6.45) is 0.981. The number of β-amino-alcohol motifs (C(OH)–C–C–N with tert-alkyl or cyclic N) is 1. The molecular weight excluding hydrogens is 269 g/mol. The fourth-order valence-electron chi connectivity index (χ4n) is 2.40. The highest BCUT2D eigenvalue weighted by atomic mass is 35.5. The van der Waals surface area contributed by atoms with Crippen LogP contribution in [0.25, 0.3) is 0 Å². The van der Waals surface area contributed by atoms with Crippen molar-refractivity contribution in [3.8, 4) is 0 Å². The van der Waals surface area contributed by atoms with Gasteiger partial charge in [-0.05, 0) is 19.0 Å². The molecular formula is C13H19ClFN3O. The van der Waals surface area contributed by atoms with Crippen LogP contribution in [0.5, 0.6) is 0 Å². The van der Waals surface area contributed by atoms with Gasteiger partial charge in [0.1, 0.15) is 5.82 Å². The van der Waals surface area contributed by atoms with Crippen molar-refractivity contribution in [1.29, 1.82) is 0 Å². The minimum Gasteiger partial charge on any atom is -0.397 e. The molecule has 1 aliphatic rings. The maximum absolute atomic E-state index is 13.3. The molecule has 0 amide bonds. The van der Waals surface area contributed by atoms with Crippen LogP contribution in [0.15, 0.2) is 12.1 Å². The molecule has 0 saturated carbocycles. The first kappa shape index (κ1) is 14.4. The number of anilines is 2. The van der Waals surface area contributed by atoms with E-state index in [0.717, 1.165) is 38.3 Å². The van der Waals surface area contributed by atoms with E-state index in [-0.39, 0.29) is 11.6 Å². The van der Waals surface area contributed by atoms with E-state index in [9.17, 15) is 4.39 Å². The number of nitrogens with two attached hydrogens (primary N) is 1. The average molecular weight is 288 g/mol. The summed E-state index contributed by atoms with van der Waals surface area (Å²) in [7, 11) is 0. The largest absolute Gasteiger partial charge is 0.397 e. The lowest BCUT2D eigenvalue weighted by atomic mass is 10.2. The Labute approximate surface area is 117 Å². The van der Waals surface area contributed by atoms with Crippen LogP contribution in [0.3, 0.4) is 0 Å². The van der Waals surface area contributed by atoms with Gasteiger partial charge in [-0.25, -0.2) is 4.39 Å².